The Labute approximate surface area is 160 Å². The average Bonchev–Trinajstić information content (AvgIpc) is 3.42. The normalized spacial score (nSPS) is 16.6. The van der Waals surface area contributed by atoms with Crippen molar-refractivity contribution in [3.05, 3.63) is 47.2 Å². The minimum Gasteiger partial charge on any atom is -0.339 e. The number of nitrogens with one attached hydrogen (secondary N) is 1. The van der Waals surface area contributed by atoms with E-state index < -0.39 is 0 Å². The molecule has 140 valence electrons. The lowest BCUT2D eigenvalue weighted by molar-refractivity contribution is -0.132. The van der Waals surface area contributed by atoms with Crippen LogP contribution in [0.2, 0.25) is 0 Å². The van der Waals surface area contributed by atoms with Crippen LogP contribution < -0.4 is 5.32 Å². The fourth-order valence-corrected chi connectivity index (χ4v) is 3.81. The lowest BCUT2D eigenvalue weighted by Crippen LogP contribution is -2.31. The van der Waals surface area contributed by atoms with Gasteiger partial charge in [-0.05, 0) is 31.9 Å². The van der Waals surface area contributed by atoms with E-state index in [9.17, 15) is 4.79 Å². The number of amides is 1. The van der Waals surface area contributed by atoms with Crippen molar-refractivity contribution in [1.82, 2.24) is 25.0 Å². The summed E-state index contributed by atoms with van der Waals surface area (Å²) in [4.78, 5) is 27.7. The van der Waals surface area contributed by atoms with Crippen molar-refractivity contribution in [2.45, 2.75) is 38.6 Å². The second-order valence-corrected chi connectivity index (χ2v) is 7.29. The zero-order chi connectivity index (χ0) is 18.6. The number of thiazole rings is 1. The lowest BCUT2D eigenvalue weighted by Gasteiger charge is -2.24. The number of aryl methyl sites for hydroxylation is 2. The summed E-state index contributed by atoms with van der Waals surface area (Å²) in [6, 6.07) is 5.84. The third-order valence-corrected chi connectivity index (χ3v) is 5.16. The molecular weight excluding hydrogens is 364 g/mol. The van der Waals surface area contributed by atoms with Crippen molar-refractivity contribution in [2.24, 2.45) is 0 Å². The van der Waals surface area contributed by atoms with Crippen molar-refractivity contribution < 1.29 is 9.32 Å². The zero-order valence-corrected chi connectivity index (χ0v) is 15.8. The molecule has 1 amide bonds. The van der Waals surface area contributed by atoms with E-state index >= 15 is 0 Å². The van der Waals surface area contributed by atoms with E-state index in [0.29, 0.717) is 24.6 Å². The van der Waals surface area contributed by atoms with Gasteiger partial charge in [0.2, 0.25) is 11.8 Å². The smallest absolute Gasteiger partial charge is 0.227 e. The Bertz CT molecular complexity index is 910. The van der Waals surface area contributed by atoms with Gasteiger partial charge < -0.3 is 14.7 Å². The second kappa shape index (κ2) is 7.83. The average molecular weight is 384 g/mol. The van der Waals surface area contributed by atoms with Crippen LogP contribution in [0.25, 0.3) is 0 Å². The molecular formula is C18H20N6O2S. The number of aromatic nitrogens is 4. The van der Waals surface area contributed by atoms with Gasteiger partial charge in [0, 0.05) is 31.0 Å². The fourth-order valence-electron chi connectivity index (χ4n) is 3.27. The van der Waals surface area contributed by atoms with Gasteiger partial charge in [0.05, 0.1) is 11.7 Å². The fraction of sp³-hybridized carbons (Fsp3) is 0.389. The van der Waals surface area contributed by atoms with Crippen LogP contribution in [-0.2, 0) is 11.2 Å². The highest BCUT2D eigenvalue weighted by Crippen LogP contribution is 2.32. The number of likely N-dealkylation sites (tertiary alicyclic amines) is 1. The SMILES string of the molecule is Cc1noc(CCC(=O)N2CCC[C@@H]2c2cccc(Nc3nccs3)n2)n1. The van der Waals surface area contributed by atoms with Crippen LogP contribution in [0, 0.1) is 6.92 Å². The summed E-state index contributed by atoms with van der Waals surface area (Å²) in [6.07, 6.45) is 4.46. The molecule has 1 atom stereocenters. The first-order chi connectivity index (χ1) is 13.2. The maximum atomic E-state index is 12.7. The van der Waals surface area contributed by atoms with Crippen LogP contribution in [0.4, 0.5) is 10.9 Å². The Morgan fingerprint density at radius 1 is 1.41 bits per heavy atom. The Morgan fingerprint density at radius 3 is 3.11 bits per heavy atom. The predicted octanol–water partition coefficient (Wildman–Crippen LogP) is 3.27. The van der Waals surface area contributed by atoms with Crippen LogP contribution in [0.1, 0.15) is 42.7 Å². The van der Waals surface area contributed by atoms with Gasteiger partial charge in [0.1, 0.15) is 5.82 Å². The van der Waals surface area contributed by atoms with Crippen molar-refractivity contribution >= 4 is 28.2 Å². The number of carbonyl (C=O) groups is 1. The molecule has 3 aromatic rings. The quantitative estimate of drug-likeness (QED) is 0.696. The van der Waals surface area contributed by atoms with Crippen LogP contribution in [0.3, 0.4) is 0 Å². The lowest BCUT2D eigenvalue weighted by atomic mass is 10.1. The van der Waals surface area contributed by atoms with Gasteiger partial charge in [-0.15, -0.1) is 11.3 Å². The molecule has 0 spiro atoms. The first-order valence-electron chi connectivity index (χ1n) is 8.91. The molecule has 3 aromatic heterocycles. The van der Waals surface area contributed by atoms with Gasteiger partial charge >= 0.3 is 0 Å². The van der Waals surface area contributed by atoms with Gasteiger partial charge in [-0.1, -0.05) is 11.2 Å². The third kappa shape index (κ3) is 4.13. The van der Waals surface area contributed by atoms with Crippen LogP contribution >= 0.6 is 11.3 Å². The van der Waals surface area contributed by atoms with E-state index in [2.05, 4.69) is 20.4 Å². The third-order valence-electron chi connectivity index (χ3n) is 4.47. The monoisotopic (exact) mass is 384 g/mol. The first kappa shape index (κ1) is 17.6. The molecule has 4 rings (SSSR count). The molecule has 4 heterocycles. The molecule has 1 aliphatic rings. The number of hydrogen-bond donors (Lipinski definition) is 1. The topological polar surface area (TPSA) is 97.0 Å². The molecule has 27 heavy (non-hydrogen) atoms. The van der Waals surface area contributed by atoms with Crippen molar-refractivity contribution in [1.29, 1.82) is 0 Å². The molecule has 8 nitrogen and oxygen atoms in total. The molecule has 0 aromatic carbocycles. The number of hydrogen-bond acceptors (Lipinski definition) is 8. The molecule has 1 N–H and O–H groups in total. The summed E-state index contributed by atoms with van der Waals surface area (Å²) in [5.74, 6) is 1.92. The van der Waals surface area contributed by atoms with Gasteiger partial charge in [-0.25, -0.2) is 9.97 Å². The van der Waals surface area contributed by atoms with Gasteiger partial charge in [0.15, 0.2) is 11.0 Å². The summed E-state index contributed by atoms with van der Waals surface area (Å²) in [5.41, 5.74) is 0.899. The maximum Gasteiger partial charge on any atom is 0.227 e. The van der Waals surface area contributed by atoms with E-state index in [-0.39, 0.29) is 11.9 Å². The number of pyridine rings is 1. The van der Waals surface area contributed by atoms with Crippen molar-refractivity contribution in [3.63, 3.8) is 0 Å². The first-order valence-corrected chi connectivity index (χ1v) is 9.79. The van der Waals surface area contributed by atoms with Crippen LogP contribution in [0.15, 0.2) is 34.3 Å². The summed E-state index contributed by atoms with van der Waals surface area (Å²) >= 11 is 1.52. The van der Waals surface area contributed by atoms with E-state index in [0.717, 1.165) is 36.0 Å². The second-order valence-electron chi connectivity index (χ2n) is 6.39. The molecule has 0 unspecified atom stereocenters. The minimum atomic E-state index is -0.0000313. The Kier molecular flexibility index (Phi) is 5.10. The summed E-state index contributed by atoms with van der Waals surface area (Å²) in [7, 11) is 0. The number of anilines is 2. The summed E-state index contributed by atoms with van der Waals surface area (Å²) in [6.45, 7) is 2.52. The number of rotatable bonds is 6. The van der Waals surface area contributed by atoms with Gasteiger partial charge in [-0.3, -0.25) is 4.79 Å². The Morgan fingerprint density at radius 2 is 2.33 bits per heavy atom. The molecule has 1 aliphatic heterocycles. The highest BCUT2D eigenvalue weighted by atomic mass is 32.1. The molecule has 0 radical (unpaired) electrons. The van der Waals surface area contributed by atoms with E-state index in [1.807, 2.05) is 28.5 Å². The van der Waals surface area contributed by atoms with Crippen LogP contribution in [-0.4, -0.2) is 37.5 Å². The van der Waals surface area contributed by atoms with E-state index in [1.54, 1.807) is 13.1 Å². The highest BCUT2D eigenvalue weighted by molar-refractivity contribution is 7.13. The van der Waals surface area contributed by atoms with Crippen molar-refractivity contribution in [2.75, 3.05) is 11.9 Å². The van der Waals surface area contributed by atoms with Gasteiger partial charge in [0.25, 0.3) is 0 Å². The largest absolute Gasteiger partial charge is 0.339 e. The summed E-state index contributed by atoms with van der Waals surface area (Å²) in [5, 5.41) is 9.68. The molecule has 1 fully saturated rings. The Balaban J connectivity index is 1.43. The maximum absolute atomic E-state index is 12.7. The predicted molar refractivity (Wildman–Crippen MR) is 101 cm³/mol. The standard InChI is InChI=1S/C18H20N6O2S/c1-12-20-16(26-23-12)7-8-17(25)24-10-3-5-14(24)13-4-2-6-15(21-13)22-18-19-9-11-27-18/h2,4,6,9,11,14H,3,5,7-8,10H2,1H3,(H,19,21,22)/t14-/m1/s1. The Hall–Kier alpha value is -2.81. The zero-order valence-electron chi connectivity index (χ0n) is 15.0. The number of nitrogens with zero attached hydrogens (tertiary/aromatic N) is 5. The minimum absolute atomic E-state index is 0.0000313. The molecule has 0 bridgehead atoms. The van der Waals surface area contributed by atoms with Crippen LogP contribution in [0.5, 0.6) is 0 Å². The van der Waals surface area contributed by atoms with Gasteiger partial charge in [-0.2, -0.15) is 4.98 Å². The molecule has 1 saturated heterocycles. The number of carbonyl (C=O) groups excluding carboxylic acids is 1. The molecule has 0 saturated carbocycles. The van der Waals surface area contributed by atoms with E-state index in [4.69, 9.17) is 9.51 Å². The van der Waals surface area contributed by atoms with E-state index in [1.165, 1.54) is 11.3 Å². The summed E-state index contributed by atoms with van der Waals surface area (Å²) < 4.78 is 5.10. The molecule has 9 heteroatoms. The van der Waals surface area contributed by atoms with Crippen molar-refractivity contribution in [3.8, 4) is 0 Å². The molecule has 0 aliphatic carbocycles. The highest BCUT2D eigenvalue weighted by Gasteiger charge is 2.31.